The van der Waals surface area contributed by atoms with Crippen LogP contribution in [0.15, 0.2) is 19.0 Å². The van der Waals surface area contributed by atoms with E-state index in [0.29, 0.717) is 0 Å². The Morgan fingerprint density at radius 3 is 2.70 bits per heavy atom. The van der Waals surface area contributed by atoms with E-state index in [1.54, 1.807) is 18.5 Å². The van der Waals surface area contributed by atoms with Crippen LogP contribution in [-0.2, 0) is 6.42 Å². The molecule has 10 heavy (non-hydrogen) atoms. The van der Waals surface area contributed by atoms with Crippen LogP contribution in [0.1, 0.15) is 18.3 Å². The standard InChI is InChI=1S/C8H10N2/c1-3-7-8(4-2)10-6-5-9-7/h3,5-6H,1,4H2,2H3. The molecule has 0 saturated carbocycles. The zero-order valence-corrected chi connectivity index (χ0v) is 6.04. The molecule has 0 aliphatic rings. The van der Waals surface area contributed by atoms with Gasteiger partial charge in [0.2, 0.25) is 0 Å². The number of nitrogens with zero attached hydrogens (tertiary/aromatic N) is 2. The Balaban J connectivity index is 3.08. The molecular formula is C8H10N2. The third-order valence-corrected chi connectivity index (χ3v) is 1.33. The molecule has 1 heterocycles. The molecule has 0 spiro atoms. The molecule has 1 aromatic heterocycles. The molecule has 52 valence electrons. The van der Waals surface area contributed by atoms with Crippen LogP contribution in [0, 0.1) is 0 Å². The lowest BCUT2D eigenvalue weighted by Crippen LogP contribution is -1.92. The van der Waals surface area contributed by atoms with E-state index < -0.39 is 0 Å². The highest BCUT2D eigenvalue weighted by molar-refractivity contribution is 5.43. The molecular weight excluding hydrogens is 124 g/mol. The van der Waals surface area contributed by atoms with Gasteiger partial charge in [0, 0.05) is 12.4 Å². The van der Waals surface area contributed by atoms with E-state index in [1.807, 2.05) is 0 Å². The van der Waals surface area contributed by atoms with Crippen molar-refractivity contribution < 1.29 is 0 Å². The fourth-order valence-electron chi connectivity index (χ4n) is 0.821. The minimum atomic E-state index is 0.894. The first kappa shape index (κ1) is 6.93. The van der Waals surface area contributed by atoms with E-state index in [1.165, 1.54) is 0 Å². The topological polar surface area (TPSA) is 25.8 Å². The summed E-state index contributed by atoms with van der Waals surface area (Å²) in [5, 5.41) is 0. The predicted octanol–water partition coefficient (Wildman–Crippen LogP) is 1.68. The van der Waals surface area contributed by atoms with Gasteiger partial charge in [-0.2, -0.15) is 0 Å². The summed E-state index contributed by atoms with van der Waals surface area (Å²) in [4.78, 5) is 8.22. The summed E-state index contributed by atoms with van der Waals surface area (Å²) in [6, 6.07) is 0. The van der Waals surface area contributed by atoms with Gasteiger partial charge in [0.05, 0.1) is 11.4 Å². The predicted molar refractivity (Wildman–Crippen MR) is 41.5 cm³/mol. The summed E-state index contributed by atoms with van der Waals surface area (Å²) in [5.74, 6) is 0. The number of hydrogen-bond acceptors (Lipinski definition) is 2. The van der Waals surface area contributed by atoms with Crippen LogP contribution in [-0.4, -0.2) is 9.97 Å². The van der Waals surface area contributed by atoms with Gasteiger partial charge >= 0.3 is 0 Å². The van der Waals surface area contributed by atoms with Gasteiger partial charge in [0.25, 0.3) is 0 Å². The Morgan fingerprint density at radius 1 is 1.50 bits per heavy atom. The molecule has 1 rings (SSSR count). The molecule has 0 aromatic carbocycles. The van der Waals surface area contributed by atoms with Crippen molar-refractivity contribution in [3.8, 4) is 0 Å². The Bertz CT molecular complexity index is 230. The lowest BCUT2D eigenvalue weighted by Gasteiger charge is -1.97. The molecule has 0 N–H and O–H groups in total. The fraction of sp³-hybridized carbons (Fsp3) is 0.250. The monoisotopic (exact) mass is 134 g/mol. The molecule has 0 amide bonds. The van der Waals surface area contributed by atoms with E-state index in [9.17, 15) is 0 Å². The molecule has 0 bridgehead atoms. The van der Waals surface area contributed by atoms with Crippen LogP contribution in [0.3, 0.4) is 0 Å². The van der Waals surface area contributed by atoms with E-state index >= 15 is 0 Å². The summed E-state index contributed by atoms with van der Waals surface area (Å²) in [5.41, 5.74) is 1.91. The van der Waals surface area contributed by atoms with Gasteiger partial charge in [-0.15, -0.1) is 0 Å². The van der Waals surface area contributed by atoms with Gasteiger partial charge in [0.1, 0.15) is 0 Å². The lowest BCUT2D eigenvalue weighted by molar-refractivity contribution is 0.989. The largest absolute Gasteiger partial charge is 0.257 e. The highest BCUT2D eigenvalue weighted by Crippen LogP contribution is 2.02. The molecule has 1 aromatic rings. The highest BCUT2D eigenvalue weighted by Gasteiger charge is 1.95. The maximum atomic E-state index is 4.13. The van der Waals surface area contributed by atoms with Crippen LogP contribution in [0.2, 0.25) is 0 Å². The molecule has 0 unspecified atom stereocenters. The Labute approximate surface area is 60.6 Å². The van der Waals surface area contributed by atoms with Gasteiger partial charge in [0.15, 0.2) is 0 Å². The molecule has 0 radical (unpaired) electrons. The first-order valence-corrected chi connectivity index (χ1v) is 3.30. The smallest absolute Gasteiger partial charge is 0.0839 e. The van der Waals surface area contributed by atoms with Crippen molar-refractivity contribution in [1.82, 2.24) is 9.97 Å². The SMILES string of the molecule is C=Cc1nccnc1CC. The summed E-state index contributed by atoms with van der Waals surface area (Å²) in [6.07, 6.45) is 6.02. The van der Waals surface area contributed by atoms with E-state index in [-0.39, 0.29) is 0 Å². The maximum Gasteiger partial charge on any atom is 0.0839 e. The van der Waals surface area contributed by atoms with E-state index in [0.717, 1.165) is 17.8 Å². The highest BCUT2D eigenvalue weighted by atomic mass is 14.8. The van der Waals surface area contributed by atoms with Crippen molar-refractivity contribution >= 4 is 6.08 Å². The van der Waals surface area contributed by atoms with Gasteiger partial charge in [-0.25, -0.2) is 0 Å². The maximum absolute atomic E-state index is 4.13. The summed E-state index contributed by atoms with van der Waals surface area (Å²) in [7, 11) is 0. The summed E-state index contributed by atoms with van der Waals surface area (Å²) < 4.78 is 0. The average Bonchev–Trinajstić information content (AvgIpc) is 2.04. The average molecular weight is 134 g/mol. The minimum Gasteiger partial charge on any atom is -0.257 e. The fourth-order valence-corrected chi connectivity index (χ4v) is 0.821. The van der Waals surface area contributed by atoms with Gasteiger partial charge in [-0.3, -0.25) is 9.97 Å². The van der Waals surface area contributed by atoms with E-state index in [4.69, 9.17) is 0 Å². The quantitative estimate of drug-likeness (QED) is 0.615. The van der Waals surface area contributed by atoms with Crippen molar-refractivity contribution in [3.05, 3.63) is 30.4 Å². The van der Waals surface area contributed by atoms with Crippen molar-refractivity contribution in [2.75, 3.05) is 0 Å². The third-order valence-electron chi connectivity index (χ3n) is 1.33. The van der Waals surface area contributed by atoms with Crippen molar-refractivity contribution in [1.29, 1.82) is 0 Å². The lowest BCUT2D eigenvalue weighted by atomic mass is 10.2. The van der Waals surface area contributed by atoms with Gasteiger partial charge in [-0.1, -0.05) is 13.5 Å². The number of aromatic nitrogens is 2. The van der Waals surface area contributed by atoms with Crippen LogP contribution >= 0.6 is 0 Å². The Kier molecular flexibility index (Phi) is 2.15. The second kappa shape index (κ2) is 3.11. The first-order valence-electron chi connectivity index (χ1n) is 3.30. The molecule has 0 aliphatic carbocycles. The molecule has 2 nitrogen and oxygen atoms in total. The van der Waals surface area contributed by atoms with Crippen molar-refractivity contribution in [2.24, 2.45) is 0 Å². The van der Waals surface area contributed by atoms with Crippen molar-refractivity contribution in [2.45, 2.75) is 13.3 Å². The Hall–Kier alpha value is -1.18. The zero-order chi connectivity index (χ0) is 7.40. The van der Waals surface area contributed by atoms with Gasteiger partial charge in [-0.05, 0) is 12.5 Å². The minimum absolute atomic E-state index is 0.894. The molecule has 0 aliphatic heterocycles. The van der Waals surface area contributed by atoms with E-state index in [2.05, 4.69) is 23.5 Å². The van der Waals surface area contributed by atoms with Crippen molar-refractivity contribution in [3.63, 3.8) is 0 Å². The first-order chi connectivity index (χ1) is 4.88. The Morgan fingerprint density at radius 2 is 2.20 bits per heavy atom. The second-order valence-electron chi connectivity index (χ2n) is 1.95. The van der Waals surface area contributed by atoms with Crippen LogP contribution < -0.4 is 0 Å². The van der Waals surface area contributed by atoms with Crippen LogP contribution in [0.4, 0.5) is 0 Å². The van der Waals surface area contributed by atoms with Crippen LogP contribution in [0.25, 0.3) is 6.08 Å². The number of rotatable bonds is 2. The van der Waals surface area contributed by atoms with Gasteiger partial charge < -0.3 is 0 Å². The molecule has 0 fully saturated rings. The molecule has 0 saturated heterocycles. The number of hydrogen-bond donors (Lipinski definition) is 0. The van der Waals surface area contributed by atoms with Crippen LogP contribution in [0.5, 0.6) is 0 Å². The molecule has 2 heteroatoms. The normalized spacial score (nSPS) is 9.30. The zero-order valence-electron chi connectivity index (χ0n) is 6.04. The summed E-state index contributed by atoms with van der Waals surface area (Å²) in [6.45, 7) is 5.69. The second-order valence-corrected chi connectivity index (χ2v) is 1.95. The number of aryl methyl sites for hydroxylation is 1. The summed E-state index contributed by atoms with van der Waals surface area (Å²) >= 11 is 0. The molecule has 0 atom stereocenters. The third kappa shape index (κ3) is 1.21.